The standard InChI is InChI=1S/C12H10Cl2S/c13-9-1-5-11(6-2-9)15-12-7-3-10(14)4-8-12/h1-7,12H,8H2. The Morgan fingerprint density at radius 3 is 2.47 bits per heavy atom. The van der Waals surface area contributed by atoms with Crippen LogP contribution in [0.25, 0.3) is 0 Å². The Labute approximate surface area is 104 Å². The summed E-state index contributed by atoms with van der Waals surface area (Å²) in [6.45, 7) is 0. The Bertz CT molecular complexity index is 393. The van der Waals surface area contributed by atoms with Crippen molar-refractivity contribution in [3.63, 3.8) is 0 Å². The van der Waals surface area contributed by atoms with Crippen molar-refractivity contribution in [2.45, 2.75) is 16.6 Å². The first-order valence-corrected chi connectivity index (χ1v) is 6.34. The van der Waals surface area contributed by atoms with Gasteiger partial charge in [0.05, 0.1) is 0 Å². The van der Waals surface area contributed by atoms with E-state index in [0.29, 0.717) is 5.25 Å². The van der Waals surface area contributed by atoms with Crippen LogP contribution in [0.1, 0.15) is 6.42 Å². The molecule has 1 aliphatic carbocycles. The third-order valence-electron chi connectivity index (χ3n) is 2.12. The van der Waals surface area contributed by atoms with E-state index in [9.17, 15) is 0 Å². The predicted octanol–water partition coefficient (Wildman–Crippen LogP) is 4.88. The van der Waals surface area contributed by atoms with Gasteiger partial charge in [0.25, 0.3) is 0 Å². The second-order valence-electron chi connectivity index (χ2n) is 3.29. The van der Waals surface area contributed by atoms with Gasteiger partial charge in [-0.1, -0.05) is 35.4 Å². The maximum absolute atomic E-state index is 5.85. The molecule has 1 aromatic rings. The Hall–Kier alpha value is -0.370. The van der Waals surface area contributed by atoms with Crippen molar-refractivity contribution in [2.24, 2.45) is 0 Å². The van der Waals surface area contributed by atoms with E-state index < -0.39 is 0 Å². The Morgan fingerprint density at radius 2 is 1.87 bits per heavy atom. The molecule has 0 radical (unpaired) electrons. The van der Waals surface area contributed by atoms with Crippen LogP contribution in [-0.4, -0.2) is 5.25 Å². The lowest BCUT2D eigenvalue weighted by atomic mass is 10.2. The molecule has 1 unspecified atom stereocenters. The first-order valence-electron chi connectivity index (χ1n) is 4.70. The molecule has 0 fully saturated rings. The van der Waals surface area contributed by atoms with Gasteiger partial charge in [0.1, 0.15) is 0 Å². The first kappa shape index (κ1) is 11.1. The molecule has 78 valence electrons. The maximum atomic E-state index is 5.85. The molecule has 0 aromatic heterocycles. The van der Waals surface area contributed by atoms with Crippen LogP contribution in [0.3, 0.4) is 0 Å². The van der Waals surface area contributed by atoms with Crippen molar-refractivity contribution in [1.82, 2.24) is 0 Å². The van der Waals surface area contributed by atoms with Crippen molar-refractivity contribution in [2.75, 3.05) is 0 Å². The van der Waals surface area contributed by atoms with Crippen LogP contribution in [-0.2, 0) is 0 Å². The van der Waals surface area contributed by atoms with Gasteiger partial charge in [-0.3, -0.25) is 0 Å². The number of benzene rings is 1. The minimum Gasteiger partial charge on any atom is -0.118 e. The molecule has 0 heterocycles. The molecule has 0 N–H and O–H groups in total. The van der Waals surface area contributed by atoms with Gasteiger partial charge in [-0.15, -0.1) is 11.8 Å². The van der Waals surface area contributed by atoms with Crippen LogP contribution in [0.15, 0.2) is 52.4 Å². The zero-order chi connectivity index (χ0) is 10.7. The molecule has 3 heteroatoms. The molecule has 0 spiro atoms. The van der Waals surface area contributed by atoms with Gasteiger partial charge in [0.15, 0.2) is 0 Å². The van der Waals surface area contributed by atoms with Crippen LogP contribution >= 0.6 is 35.0 Å². The molecule has 0 saturated carbocycles. The van der Waals surface area contributed by atoms with Crippen LogP contribution < -0.4 is 0 Å². The zero-order valence-corrected chi connectivity index (χ0v) is 10.3. The molecule has 1 aliphatic rings. The van der Waals surface area contributed by atoms with Crippen LogP contribution in [0.5, 0.6) is 0 Å². The fourth-order valence-electron chi connectivity index (χ4n) is 1.35. The Balaban J connectivity index is 1.99. The molecular weight excluding hydrogens is 247 g/mol. The molecule has 2 rings (SSSR count). The smallest absolute Gasteiger partial charge is 0.0406 e. The van der Waals surface area contributed by atoms with E-state index in [1.54, 1.807) is 0 Å². The second kappa shape index (κ2) is 5.11. The van der Waals surface area contributed by atoms with E-state index in [0.717, 1.165) is 16.5 Å². The molecule has 15 heavy (non-hydrogen) atoms. The first-order chi connectivity index (χ1) is 7.24. The molecule has 0 amide bonds. The fourth-order valence-corrected chi connectivity index (χ4v) is 2.63. The SMILES string of the molecule is ClC1=CCC(Sc2ccc(Cl)cc2)C=C1. The third-order valence-corrected chi connectivity index (χ3v) is 3.85. The minimum absolute atomic E-state index is 0.480. The summed E-state index contributed by atoms with van der Waals surface area (Å²) in [5.41, 5.74) is 0. The highest BCUT2D eigenvalue weighted by Gasteiger charge is 2.09. The number of allylic oxidation sites excluding steroid dienone is 3. The lowest BCUT2D eigenvalue weighted by Crippen LogP contribution is -1.99. The van der Waals surface area contributed by atoms with Gasteiger partial charge in [0, 0.05) is 20.2 Å². The van der Waals surface area contributed by atoms with Crippen molar-refractivity contribution in [3.8, 4) is 0 Å². The van der Waals surface area contributed by atoms with Gasteiger partial charge in [-0.05, 0) is 36.8 Å². The second-order valence-corrected chi connectivity index (χ2v) is 5.48. The van der Waals surface area contributed by atoms with Gasteiger partial charge in [0.2, 0.25) is 0 Å². The van der Waals surface area contributed by atoms with Gasteiger partial charge >= 0.3 is 0 Å². The number of hydrogen-bond donors (Lipinski definition) is 0. The molecular formula is C12H10Cl2S. The molecule has 1 atom stereocenters. The number of hydrogen-bond acceptors (Lipinski definition) is 1. The summed E-state index contributed by atoms with van der Waals surface area (Å²) in [5, 5.41) is 2.10. The van der Waals surface area contributed by atoms with E-state index in [1.807, 2.05) is 42.1 Å². The molecule has 0 saturated heterocycles. The van der Waals surface area contributed by atoms with Gasteiger partial charge < -0.3 is 0 Å². The summed E-state index contributed by atoms with van der Waals surface area (Å²) in [4.78, 5) is 1.24. The maximum Gasteiger partial charge on any atom is 0.0406 e. The molecule has 0 nitrogen and oxygen atoms in total. The topological polar surface area (TPSA) is 0 Å². The van der Waals surface area contributed by atoms with Crippen LogP contribution in [0.2, 0.25) is 5.02 Å². The highest BCUT2D eigenvalue weighted by Crippen LogP contribution is 2.30. The van der Waals surface area contributed by atoms with Crippen molar-refractivity contribution < 1.29 is 0 Å². The summed E-state index contributed by atoms with van der Waals surface area (Å²) in [5.74, 6) is 0. The number of halogens is 2. The number of thioether (sulfide) groups is 1. The van der Waals surface area contributed by atoms with E-state index in [-0.39, 0.29) is 0 Å². The Kier molecular flexibility index (Phi) is 3.79. The van der Waals surface area contributed by atoms with E-state index in [4.69, 9.17) is 23.2 Å². The van der Waals surface area contributed by atoms with Crippen molar-refractivity contribution in [3.05, 3.63) is 52.5 Å². The predicted molar refractivity (Wildman–Crippen MR) is 68.8 cm³/mol. The number of rotatable bonds is 2. The summed E-state index contributed by atoms with van der Waals surface area (Å²) in [6, 6.07) is 7.92. The summed E-state index contributed by atoms with van der Waals surface area (Å²) < 4.78 is 0. The molecule has 1 aromatic carbocycles. The van der Waals surface area contributed by atoms with Gasteiger partial charge in [-0.25, -0.2) is 0 Å². The van der Waals surface area contributed by atoms with Crippen LogP contribution in [0.4, 0.5) is 0 Å². The molecule has 0 bridgehead atoms. The summed E-state index contributed by atoms with van der Waals surface area (Å²) >= 11 is 13.5. The monoisotopic (exact) mass is 256 g/mol. The fraction of sp³-hybridized carbons (Fsp3) is 0.167. The Morgan fingerprint density at radius 1 is 1.13 bits per heavy atom. The van der Waals surface area contributed by atoms with Gasteiger partial charge in [-0.2, -0.15) is 0 Å². The van der Waals surface area contributed by atoms with E-state index in [1.165, 1.54) is 4.90 Å². The van der Waals surface area contributed by atoms with E-state index in [2.05, 4.69) is 12.2 Å². The lowest BCUT2D eigenvalue weighted by Gasteiger charge is -2.13. The highest BCUT2D eigenvalue weighted by molar-refractivity contribution is 8.00. The third kappa shape index (κ3) is 3.30. The lowest BCUT2D eigenvalue weighted by molar-refractivity contribution is 1.05. The zero-order valence-electron chi connectivity index (χ0n) is 7.99. The molecule has 0 aliphatic heterocycles. The highest BCUT2D eigenvalue weighted by atomic mass is 35.5. The van der Waals surface area contributed by atoms with Crippen LogP contribution in [0, 0.1) is 0 Å². The minimum atomic E-state index is 0.480. The largest absolute Gasteiger partial charge is 0.118 e. The quantitative estimate of drug-likeness (QED) is 0.727. The normalized spacial score (nSPS) is 20.1. The average Bonchev–Trinajstić information content (AvgIpc) is 2.25. The van der Waals surface area contributed by atoms with Crippen molar-refractivity contribution >= 4 is 35.0 Å². The van der Waals surface area contributed by atoms with Crippen molar-refractivity contribution in [1.29, 1.82) is 0 Å². The average molecular weight is 257 g/mol. The summed E-state index contributed by atoms with van der Waals surface area (Å²) in [6.07, 6.45) is 7.14. The summed E-state index contributed by atoms with van der Waals surface area (Å²) in [7, 11) is 0. The van der Waals surface area contributed by atoms with E-state index >= 15 is 0 Å².